The molecule has 1 aromatic carbocycles. The largest absolute Gasteiger partial charge is 0.480 e. The van der Waals surface area contributed by atoms with Crippen LogP contribution >= 0.6 is 0 Å². The highest BCUT2D eigenvalue weighted by Gasteiger charge is 2.33. The van der Waals surface area contributed by atoms with E-state index in [1.54, 1.807) is 45.0 Å². The number of hydrogen-bond donors (Lipinski definition) is 5. The van der Waals surface area contributed by atoms with Crippen molar-refractivity contribution >= 4 is 23.7 Å². The van der Waals surface area contributed by atoms with E-state index in [0.29, 0.717) is 6.42 Å². The molecule has 0 heterocycles. The number of rotatable bonds is 12. The van der Waals surface area contributed by atoms with Crippen molar-refractivity contribution in [1.29, 1.82) is 0 Å². The van der Waals surface area contributed by atoms with Gasteiger partial charge in [0.05, 0.1) is 6.04 Å². The van der Waals surface area contributed by atoms with Crippen molar-refractivity contribution < 1.29 is 24.3 Å². The van der Waals surface area contributed by atoms with Crippen molar-refractivity contribution in [3.63, 3.8) is 0 Å². The monoisotopic (exact) mass is 448 g/mol. The van der Waals surface area contributed by atoms with Crippen LogP contribution in [-0.4, -0.2) is 53.0 Å². The Labute approximate surface area is 189 Å². The highest BCUT2D eigenvalue weighted by molar-refractivity contribution is 5.94. The smallest absolute Gasteiger partial charge is 0.326 e. The highest BCUT2D eigenvalue weighted by atomic mass is 16.4. The molecule has 9 heteroatoms. The lowest BCUT2D eigenvalue weighted by Crippen LogP contribution is -2.59. The molecule has 1 rings (SSSR count). The van der Waals surface area contributed by atoms with Gasteiger partial charge in [-0.2, -0.15) is 0 Å². The third-order valence-corrected chi connectivity index (χ3v) is 5.35. The van der Waals surface area contributed by atoms with E-state index in [0.717, 1.165) is 5.56 Å². The summed E-state index contributed by atoms with van der Waals surface area (Å²) in [6.45, 7) is 8.71. The second kappa shape index (κ2) is 12.8. The topological polar surface area (TPSA) is 151 Å². The van der Waals surface area contributed by atoms with Gasteiger partial charge in [-0.05, 0) is 24.3 Å². The quantitative estimate of drug-likeness (QED) is 0.319. The number of benzene rings is 1. The first-order chi connectivity index (χ1) is 15.0. The van der Waals surface area contributed by atoms with Crippen LogP contribution in [-0.2, 0) is 25.6 Å². The van der Waals surface area contributed by atoms with Crippen molar-refractivity contribution in [1.82, 2.24) is 16.0 Å². The molecule has 0 saturated heterocycles. The van der Waals surface area contributed by atoms with E-state index in [9.17, 15) is 24.3 Å². The van der Waals surface area contributed by atoms with Crippen LogP contribution in [0.2, 0.25) is 0 Å². The Morgan fingerprint density at radius 1 is 0.875 bits per heavy atom. The number of nitrogens with two attached hydrogens (primary N) is 1. The van der Waals surface area contributed by atoms with Crippen LogP contribution in [0.5, 0.6) is 0 Å². The van der Waals surface area contributed by atoms with Gasteiger partial charge in [0.1, 0.15) is 18.1 Å². The fourth-order valence-electron chi connectivity index (χ4n) is 3.08. The lowest BCUT2D eigenvalue weighted by Gasteiger charge is -2.29. The van der Waals surface area contributed by atoms with Crippen molar-refractivity contribution in [2.75, 3.05) is 0 Å². The maximum atomic E-state index is 13.0. The molecule has 6 N–H and O–H groups in total. The molecule has 0 radical (unpaired) electrons. The summed E-state index contributed by atoms with van der Waals surface area (Å²) in [6.07, 6.45) is 0.690. The van der Waals surface area contributed by atoms with Gasteiger partial charge < -0.3 is 26.8 Å². The predicted octanol–water partition coefficient (Wildman–Crippen LogP) is 0.817. The third-order valence-electron chi connectivity index (χ3n) is 5.35. The summed E-state index contributed by atoms with van der Waals surface area (Å²) in [5.41, 5.74) is 6.35. The van der Waals surface area contributed by atoms with Gasteiger partial charge in [0.15, 0.2) is 0 Å². The molecule has 3 amide bonds. The van der Waals surface area contributed by atoms with Crippen molar-refractivity contribution in [2.24, 2.45) is 17.6 Å². The van der Waals surface area contributed by atoms with Gasteiger partial charge in [0.25, 0.3) is 0 Å². The van der Waals surface area contributed by atoms with Crippen LogP contribution in [0.4, 0.5) is 0 Å². The Bertz CT molecular complexity index is 782. The first kappa shape index (κ1) is 27.1. The summed E-state index contributed by atoms with van der Waals surface area (Å²) in [4.78, 5) is 49.7. The van der Waals surface area contributed by atoms with Crippen molar-refractivity contribution in [3.05, 3.63) is 35.9 Å². The molecular formula is C23H36N4O5. The molecule has 1 aromatic rings. The molecule has 32 heavy (non-hydrogen) atoms. The van der Waals surface area contributed by atoms with E-state index in [2.05, 4.69) is 16.0 Å². The summed E-state index contributed by atoms with van der Waals surface area (Å²) in [5.74, 6) is -3.26. The molecule has 0 bridgehead atoms. The molecule has 0 aliphatic heterocycles. The van der Waals surface area contributed by atoms with Gasteiger partial charge in [0.2, 0.25) is 17.7 Å². The minimum Gasteiger partial charge on any atom is -0.480 e. The minimum atomic E-state index is -1.17. The van der Waals surface area contributed by atoms with Crippen LogP contribution in [0.25, 0.3) is 0 Å². The summed E-state index contributed by atoms with van der Waals surface area (Å²) in [7, 11) is 0. The number of carboxylic acid groups (broad SMARTS) is 1. The van der Waals surface area contributed by atoms with E-state index < -0.39 is 47.9 Å². The minimum absolute atomic E-state index is 0.113. The van der Waals surface area contributed by atoms with Gasteiger partial charge in [-0.25, -0.2) is 4.79 Å². The second-order valence-electron chi connectivity index (χ2n) is 8.48. The number of carbonyl (C=O) groups excluding carboxylic acids is 3. The molecule has 178 valence electrons. The molecule has 5 atom stereocenters. The van der Waals surface area contributed by atoms with Gasteiger partial charge in [-0.1, -0.05) is 64.4 Å². The fraction of sp³-hybridized carbons (Fsp3) is 0.565. The average molecular weight is 449 g/mol. The van der Waals surface area contributed by atoms with Crippen LogP contribution < -0.4 is 21.7 Å². The van der Waals surface area contributed by atoms with Crippen LogP contribution in [0.3, 0.4) is 0 Å². The van der Waals surface area contributed by atoms with E-state index in [4.69, 9.17) is 5.73 Å². The van der Waals surface area contributed by atoms with Gasteiger partial charge in [-0.3, -0.25) is 14.4 Å². The SMILES string of the molecule is CCC(C)C(NC(=O)C(NC(=O)C(C)N)C(C)C)C(=O)NC(Cc1ccccc1)C(=O)O. The van der Waals surface area contributed by atoms with Gasteiger partial charge in [-0.15, -0.1) is 0 Å². The Hall–Kier alpha value is -2.94. The number of amides is 3. The molecule has 0 aromatic heterocycles. The standard InChI is InChI=1S/C23H36N4O5/c1-6-14(4)19(27-21(29)18(13(2)3)26-20(28)15(5)24)22(30)25-17(23(31)32)12-16-10-8-7-9-11-16/h7-11,13-15,17-19H,6,12,24H2,1-5H3,(H,25,30)(H,26,28)(H,27,29)(H,31,32). The lowest BCUT2D eigenvalue weighted by molar-refractivity contribution is -0.142. The summed E-state index contributed by atoms with van der Waals surface area (Å²) >= 11 is 0. The number of hydrogen-bond acceptors (Lipinski definition) is 5. The van der Waals surface area contributed by atoms with Gasteiger partial charge >= 0.3 is 5.97 Å². The van der Waals surface area contributed by atoms with Crippen LogP contribution in [0, 0.1) is 11.8 Å². The predicted molar refractivity (Wildman–Crippen MR) is 122 cm³/mol. The second-order valence-corrected chi connectivity index (χ2v) is 8.48. The maximum absolute atomic E-state index is 13.0. The normalized spacial score (nSPS) is 15.7. The Morgan fingerprint density at radius 3 is 1.88 bits per heavy atom. The van der Waals surface area contributed by atoms with Crippen LogP contribution in [0.1, 0.15) is 46.6 Å². The average Bonchev–Trinajstić information content (AvgIpc) is 2.74. The zero-order valence-corrected chi connectivity index (χ0v) is 19.4. The van der Waals surface area contributed by atoms with E-state index in [1.807, 2.05) is 13.0 Å². The molecule has 0 aliphatic carbocycles. The van der Waals surface area contributed by atoms with Crippen LogP contribution in [0.15, 0.2) is 30.3 Å². The molecule has 0 aliphatic rings. The van der Waals surface area contributed by atoms with E-state index in [1.165, 1.54) is 6.92 Å². The molecular weight excluding hydrogens is 412 g/mol. The van der Waals surface area contributed by atoms with E-state index >= 15 is 0 Å². The highest BCUT2D eigenvalue weighted by Crippen LogP contribution is 2.12. The third kappa shape index (κ3) is 8.30. The molecule has 0 fully saturated rings. The number of carbonyl (C=O) groups is 4. The number of carboxylic acids is 1. The zero-order chi connectivity index (χ0) is 24.4. The summed E-state index contributed by atoms with van der Waals surface area (Å²) < 4.78 is 0. The number of nitrogens with one attached hydrogen (secondary N) is 3. The maximum Gasteiger partial charge on any atom is 0.326 e. The fourth-order valence-corrected chi connectivity index (χ4v) is 3.08. The lowest BCUT2D eigenvalue weighted by atomic mass is 9.95. The summed E-state index contributed by atoms with van der Waals surface area (Å²) in [5, 5.41) is 17.5. The molecule has 0 spiro atoms. The number of aliphatic carboxylic acids is 1. The Balaban J connectivity index is 2.99. The Kier molecular flexibility index (Phi) is 10.8. The molecule has 0 saturated carbocycles. The van der Waals surface area contributed by atoms with Gasteiger partial charge in [0, 0.05) is 6.42 Å². The first-order valence-corrected chi connectivity index (χ1v) is 10.9. The molecule has 9 nitrogen and oxygen atoms in total. The van der Waals surface area contributed by atoms with E-state index in [-0.39, 0.29) is 18.3 Å². The first-order valence-electron chi connectivity index (χ1n) is 10.9. The Morgan fingerprint density at radius 2 is 1.41 bits per heavy atom. The zero-order valence-electron chi connectivity index (χ0n) is 19.4. The summed E-state index contributed by atoms with van der Waals surface area (Å²) in [6, 6.07) is 5.20. The molecule has 5 unspecified atom stereocenters. The van der Waals surface area contributed by atoms with Crippen molar-refractivity contribution in [2.45, 2.75) is 71.6 Å². The van der Waals surface area contributed by atoms with Crippen molar-refractivity contribution in [3.8, 4) is 0 Å².